The van der Waals surface area contributed by atoms with Crippen molar-refractivity contribution >= 4 is 5.69 Å². The number of pyridine rings is 1. The molecule has 0 unspecified atom stereocenters. The van der Waals surface area contributed by atoms with Crippen molar-refractivity contribution in [3.05, 3.63) is 28.2 Å². The number of rotatable bonds is 4. The minimum atomic E-state index is -0.0783. The van der Waals surface area contributed by atoms with Gasteiger partial charge in [-0.2, -0.15) is 0 Å². The van der Waals surface area contributed by atoms with Gasteiger partial charge in [0.2, 0.25) is 0 Å². The smallest absolute Gasteiger partial charge is 0.252 e. The molecule has 0 saturated heterocycles. The van der Waals surface area contributed by atoms with E-state index < -0.39 is 0 Å². The van der Waals surface area contributed by atoms with Gasteiger partial charge in [0.05, 0.1) is 12.3 Å². The summed E-state index contributed by atoms with van der Waals surface area (Å²) in [4.78, 5) is 11.5. The molecule has 1 aromatic heterocycles. The number of nitrogens with zero attached hydrogens (tertiary/aromatic N) is 1. The standard InChI is InChI=1S/C11H18N2O2/c1-8(2)6-15-7-13-5-10(12)9(3)4-11(13)14/h4-5,8H,6-7,12H2,1-3H3. The summed E-state index contributed by atoms with van der Waals surface area (Å²) < 4.78 is 6.84. The molecule has 0 saturated carbocycles. The van der Waals surface area contributed by atoms with Gasteiger partial charge in [0.1, 0.15) is 6.73 Å². The summed E-state index contributed by atoms with van der Waals surface area (Å²) in [5.74, 6) is 0.462. The van der Waals surface area contributed by atoms with E-state index in [2.05, 4.69) is 13.8 Å². The lowest BCUT2D eigenvalue weighted by atomic mass is 10.2. The Bertz CT molecular complexity index is 383. The van der Waals surface area contributed by atoms with Crippen LogP contribution in [-0.4, -0.2) is 11.2 Å². The number of aromatic nitrogens is 1. The lowest BCUT2D eigenvalue weighted by molar-refractivity contribution is 0.0558. The lowest BCUT2D eigenvalue weighted by Crippen LogP contribution is -2.22. The number of ether oxygens (including phenoxy) is 1. The first-order chi connectivity index (χ1) is 7.00. The highest BCUT2D eigenvalue weighted by atomic mass is 16.5. The summed E-state index contributed by atoms with van der Waals surface area (Å²) in [7, 11) is 0. The summed E-state index contributed by atoms with van der Waals surface area (Å²) in [6.07, 6.45) is 1.62. The van der Waals surface area contributed by atoms with Crippen LogP contribution in [0.3, 0.4) is 0 Å². The third-order valence-electron chi connectivity index (χ3n) is 2.05. The van der Waals surface area contributed by atoms with Crippen molar-refractivity contribution in [1.29, 1.82) is 0 Å². The summed E-state index contributed by atoms with van der Waals surface area (Å²) in [5.41, 5.74) is 7.05. The van der Waals surface area contributed by atoms with Crippen molar-refractivity contribution in [3.8, 4) is 0 Å². The van der Waals surface area contributed by atoms with Gasteiger partial charge in [-0.25, -0.2) is 0 Å². The van der Waals surface area contributed by atoms with Crippen molar-refractivity contribution in [2.24, 2.45) is 5.92 Å². The highest BCUT2D eigenvalue weighted by Gasteiger charge is 2.01. The first-order valence-corrected chi connectivity index (χ1v) is 5.05. The zero-order valence-electron chi connectivity index (χ0n) is 9.49. The van der Waals surface area contributed by atoms with E-state index in [-0.39, 0.29) is 12.3 Å². The van der Waals surface area contributed by atoms with Gasteiger partial charge >= 0.3 is 0 Å². The van der Waals surface area contributed by atoms with Gasteiger partial charge in [-0.05, 0) is 18.4 Å². The van der Waals surface area contributed by atoms with Crippen LogP contribution < -0.4 is 11.3 Å². The van der Waals surface area contributed by atoms with Crippen LogP contribution >= 0.6 is 0 Å². The minimum Gasteiger partial charge on any atom is -0.397 e. The predicted molar refractivity (Wildman–Crippen MR) is 60.6 cm³/mol. The molecule has 0 aromatic carbocycles. The van der Waals surface area contributed by atoms with E-state index in [4.69, 9.17) is 10.5 Å². The maximum Gasteiger partial charge on any atom is 0.252 e. The summed E-state index contributed by atoms with van der Waals surface area (Å²) in [5, 5.41) is 0. The second kappa shape index (κ2) is 4.98. The number of nitrogens with two attached hydrogens (primary N) is 1. The van der Waals surface area contributed by atoms with Crippen LogP contribution in [0.2, 0.25) is 0 Å². The van der Waals surface area contributed by atoms with Gasteiger partial charge < -0.3 is 10.5 Å². The quantitative estimate of drug-likeness (QED) is 0.816. The molecular weight excluding hydrogens is 192 g/mol. The highest BCUT2D eigenvalue weighted by molar-refractivity contribution is 5.42. The van der Waals surface area contributed by atoms with E-state index >= 15 is 0 Å². The molecule has 84 valence electrons. The van der Waals surface area contributed by atoms with E-state index in [0.29, 0.717) is 18.2 Å². The molecule has 1 rings (SSSR count). The molecule has 1 heterocycles. The maximum atomic E-state index is 11.5. The summed E-state index contributed by atoms with van der Waals surface area (Å²) >= 11 is 0. The van der Waals surface area contributed by atoms with Gasteiger partial charge in [-0.3, -0.25) is 9.36 Å². The van der Waals surface area contributed by atoms with Crippen molar-refractivity contribution in [3.63, 3.8) is 0 Å². The van der Waals surface area contributed by atoms with E-state index in [1.807, 2.05) is 6.92 Å². The van der Waals surface area contributed by atoms with Crippen molar-refractivity contribution in [1.82, 2.24) is 4.57 Å². The number of hydrogen-bond acceptors (Lipinski definition) is 3. The van der Waals surface area contributed by atoms with Gasteiger partial charge in [0.25, 0.3) is 5.56 Å². The molecule has 0 radical (unpaired) electrons. The second-order valence-corrected chi connectivity index (χ2v) is 4.11. The molecule has 1 aromatic rings. The van der Waals surface area contributed by atoms with Crippen molar-refractivity contribution in [2.45, 2.75) is 27.5 Å². The maximum absolute atomic E-state index is 11.5. The largest absolute Gasteiger partial charge is 0.397 e. The molecule has 0 amide bonds. The minimum absolute atomic E-state index is 0.0783. The first-order valence-electron chi connectivity index (χ1n) is 5.05. The fourth-order valence-electron chi connectivity index (χ4n) is 1.17. The van der Waals surface area contributed by atoms with Crippen LogP contribution in [0.5, 0.6) is 0 Å². The molecule has 15 heavy (non-hydrogen) atoms. The second-order valence-electron chi connectivity index (χ2n) is 4.11. The van der Waals surface area contributed by atoms with Gasteiger partial charge in [0, 0.05) is 12.3 Å². The van der Waals surface area contributed by atoms with E-state index in [1.54, 1.807) is 6.20 Å². The Morgan fingerprint density at radius 1 is 1.53 bits per heavy atom. The van der Waals surface area contributed by atoms with Gasteiger partial charge in [-0.15, -0.1) is 0 Å². The van der Waals surface area contributed by atoms with Crippen LogP contribution in [0, 0.1) is 12.8 Å². The van der Waals surface area contributed by atoms with Crippen LogP contribution in [-0.2, 0) is 11.5 Å². The normalized spacial score (nSPS) is 10.9. The van der Waals surface area contributed by atoms with Crippen molar-refractivity contribution in [2.75, 3.05) is 12.3 Å². The first kappa shape index (κ1) is 11.8. The average molecular weight is 210 g/mol. The highest BCUT2D eigenvalue weighted by Crippen LogP contribution is 2.05. The topological polar surface area (TPSA) is 57.2 Å². The third kappa shape index (κ3) is 3.40. The monoisotopic (exact) mass is 210 g/mol. The molecule has 0 fully saturated rings. The van der Waals surface area contributed by atoms with Crippen molar-refractivity contribution < 1.29 is 4.74 Å². The van der Waals surface area contributed by atoms with E-state index in [1.165, 1.54) is 10.6 Å². The summed E-state index contributed by atoms with van der Waals surface area (Å²) in [6, 6.07) is 1.52. The molecule has 4 heteroatoms. The summed E-state index contributed by atoms with van der Waals surface area (Å²) in [6.45, 7) is 6.84. The Kier molecular flexibility index (Phi) is 3.91. The Hall–Kier alpha value is -1.29. The predicted octanol–water partition coefficient (Wildman–Crippen LogP) is 1.37. The number of aryl methyl sites for hydroxylation is 1. The number of anilines is 1. The Morgan fingerprint density at radius 2 is 2.20 bits per heavy atom. The van der Waals surface area contributed by atoms with Crippen LogP contribution in [0.4, 0.5) is 5.69 Å². The molecule has 4 nitrogen and oxygen atoms in total. The number of hydrogen-bond donors (Lipinski definition) is 1. The SMILES string of the molecule is Cc1cc(=O)n(COCC(C)C)cc1N. The van der Waals surface area contributed by atoms with Gasteiger partial charge in [-0.1, -0.05) is 13.8 Å². The fraction of sp³-hybridized carbons (Fsp3) is 0.545. The zero-order valence-corrected chi connectivity index (χ0v) is 9.49. The third-order valence-corrected chi connectivity index (χ3v) is 2.05. The van der Waals surface area contributed by atoms with E-state index in [9.17, 15) is 4.79 Å². The molecule has 0 bridgehead atoms. The van der Waals surface area contributed by atoms with Crippen LogP contribution in [0.1, 0.15) is 19.4 Å². The Morgan fingerprint density at radius 3 is 2.80 bits per heavy atom. The zero-order chi connectivity index (χ0) is 11.4. The molecule has 2 N–H and O–H groups in total. The molecular formula is C11H18N2O2. The molecule has 0 aliphatic heterocycles. The van der Waals surface area contributed by atoms with E-state index in [0.717, 1.165) is 5.56 Å². The molecule has 0 aliphatic carbocycles. The van der Waals surface area contributed by atoms with Gasteiger partial charge in [0.15, 0.2) is 0 Å². The average Bonchev–Trinajstić information content (AvgIpc) is 2.13. The van der Waals surface area contributed by atoms with Crippen LogP contribution in [0.25, 0.3) is 0 Å². The Labute approximate surface area is 89.7 Å². The molecule has 0 spiro atoms. The number of nitrogen functional groups attached to an aromatic ring is 1. The van der Waals surface area contributed by atoms with Crippen LogP contribution in [0.15, 0.2) is 17.1 Å². The Balaban J connectivity index is 2.69. The fourth-order valence-corrected chi connectivity index (χ4v) is 1.17. The molecule has 0 atom stereocenters. The lowest BCUT2D eigenvalue weighted by Gasteiger charge is -2.10. The molecule has 0 aliphatic rings.